The molecule has 0 saturated carbocycles. The maximum absolute atomic E-state index is 14.5. The topological polar surface area (TPSA) is 62.2 Å². The summed E-state index contributed by atoms with van der Waals surface area (Å²) in [6.45, 7) is 6.60. The third-order valence-electron chi connectivity index (χ3n) is 5.63. The zero-order chi connectivity index (χ0) is 21.5. The van der Waals surface area contributed by atoms with E-state index in [0.29, 0.717) is 47.4 Å². The summed E-state index contributed by atoms with van der Waals surface area (Å²) in [5, 5.41) is 6.28. The highest BCUT2D eigenvalue weighted by Crippen LogP contribution is 2.35. The Bertz CT molecular complexity index is 1050. The van der Waals surface area contributed by atoms with Gasteiger partial charge in [0.1, 0.15) is 5.82 Å². The van der Waals surface area contributed by atoms with E-state index in [2.05, 4.69) is 20.6 Å². The van der Waals surface area contributed by atoms with Crippen LogP contribution in [0.2, 0.25) is 5.02 Å². The van der Waals surface area contributed by atoms with Crippen LogP contribution in [0.15, 0.2) is 34.8 Å². The lowest BCUT2D eigenvalue weighted by Gasteiger charge is -2.33. The molecule has 0 bridgehead atoms. The van der Waals surface area contributed by atoms with Crippen LogP contribution >= 0.6 is 11.6 Å². The first-order valence-corrected chi connectivity index (χ1v) is 10.4. The van der Waals surface area contributed by atoms with E-state index in [1.54, 1.807) is 6.07 Å². The second kappa shape index (κ2) is 8.04. The quantitative estimate of drug-likeness (QED) is 0.732. The number of rotatable bonds is 4. The van der Waals surface area contributed by atoms with Gasteiger partial charge in [-0.1, -0.05) is 23.7 Å². The summed E-state index contributed by atoms with van der Waals surface area (Å²) < 4.78 is 29.0. The lowest BCUT2D eigenvalue weighted by molar-refractivity contribution is -0.0322. The fourth-order valence-electron chi connectivity index (χ4n) is 3.92. The van der Waals surface area contributed by atoms with E-state index >= 15 is 0 Å². The minimum atomic E-state index is -2.87. The average Bonchev–Trinajstić information content (AvgIpc) is 3.03. The monoisotopic (exact) mass is 431 g/mol. The number of halogens is 3. The Kier molecular flexibility index (Phi) is 5.59. The molecule has 30 heavy (non-hydrogen) atoms. The molecule has 4 rings (SSSR count). The highest BCUT2D eigenvalue weighted by Gasteiger charge is 2.42. The summed E-state index contributed by atoms with van der Waals surface area (Å²) in [6.07, 6.45) is 0.301. The van der Waals surface area contributed by atoms with Gasteiger partial charge in [0.05, 0.1) is 29.8 Å². The fourth-order valence-corrected chi connectivity index (χ4v) is 4.14. The van der Waals surface area contributed by atoms with Crippen molar-refractivity contribution in [2.24, 2.45) is 4.99 Å². The first kappa shape index (κ1) is 20.9. The highest BCUT2D eigenvalue weighted by atomic mass is 35.5. The van der Waals surface area contributed by atoms with Crippen LogP contribution in [0.3, 0.4) is 0 Å². The van der Waals surface area contributed by atoms with Crippen LogP contribution in [-0.4, -0.2) is 47.3 Å². The highest BCUT2D eigenvalue weighted by molar-refractivity contribution is 6.33. The summed E-state index contributed by atoms with van der Waals surface area (Å²) in [4.78, 5) is 13.9. The molecule has 0 aliphatic carbocycles. The summed E-state index contributed by atoms with van der Waals surface area (Å²) >= 11 is 6.39. The molecule has 1 saturated heterocycles. The van der Waals surface area contributed by atoms with Crippen molar-refractivity contribution in [2.45, 2.75) is 39.2 Å². The summed E-state index contributed by atoms with van der Waals surface area (Å²) in [5.41, 5.74) is 5.02. The van der Waals surface area contributed by atoms with Gasteiger partial charge < -0.3 is 10.6 Å². The van der Waals surface area contributed by atoms with Crippen molar-refractivity contribution < 1.29 is 8.78 Å². The minimum absolute atomic E-state index is 0.301. The predicted molar refractivity (Wildman–Crippen MR) is 118 cm³/mol. The van der Waals surface area contributed by atoms with E-state index in [0.717, 1.165) is 22.4 Å². The first-order chi connectivity index (χ1) is 14.3. The molecule has 0 amide bonds. The molecular weight excluding hydrogens is 408 g/mol. The molecule has 2 aromatic rings. The van der Waals surface area contributed by atoms with Gasteiger partial charge in [0.25, 0.3) is 5.92 Å². The van der Waals surface area contributed by atoms with Crippen molar-refractivity contribution in [1.29, 1.82) is 0 Å². The molecule has 1 aromatic heterocycles. The lowest BCUT2D eigenvalue weighted by atomic mass is 9.98. The van der Waals surface area contributed by atoms with Crippen molar-refractivity contribution >= 4 is 28.7 Å². The maximum Gasteiger partial charge on any atom is 0.279 e. The van der Waals surface area contributed by atoms with Crippen LogP contribution in [0.1, 0.15) is 31.5 Å². The van der Waals surface area contributed by atoms with Crippen LogP contribution in [0.4, 0.5) is 14.6 Å². The van der Waals surface area contributed by atoms with Gasteiger partial charge in [-0.15, -0.1) is 0 Å². The first-order valence-electron chi connectivity index (χ1n) is 9.98. The van der Waals surface area contributed by atoms with Crippen LogP contribution in [0, 0.1) is 6.92 Å². The van der Waals surface area contributed by atoms with Crippen molar-refractivity contribution in [3.63, 3.8) is 0 Å². The van der Waals surface area contributed by atoms with E-state index < -0.39 is 12.0 Å². The van der Waals surface area contributed by atoms with Gasteiger partial charge in [-0.25, -0.2) is 18.7 Å². The number of nitrogens with one attached hydrogen (secondary N) is 2. The number of allylic oxidation sites excluding steroid dienone is 1. The van der Waals surface area contributed by atoms with Crippen LogP contribution in [0.5, 0.6) is 0 Å². The molecule has 1 fully saturated rings. The second-order valence-electron chi connectivity index (χ2n) is 7.83. The van der Waals surface area contributed by atoms with Crippen LogP contribution in [-0.2, 0) is 0 Å². The zero-order valence-corrected chi connectivity index (χ0v) is 17.9. The molecule has 1 unspecified atom stereocenters. The molecular formula is C22H24ClF2N5. The molecule has 2 aliphatic heterocycles. The average molecular weight is 432 g/mol. The number of aliphatic imine (C=N–C) groups is 1. The summed E-state index contributed by atoms with van der Waals surface area (Å²) in [5.74, 6) is -2.07. The molecule has 2 aliphatic rings. The smallest absolute Gasteiger partial charge is 0.279 e. The number of hydrogen-bond acceptors (Lipinski definition) is 5. The Hall–Kier alpha value is -2.38. The van der Waals surface area contributed by atoms with E-state index in [1.165, 1.54) is 0 Å². The standard InChI is InChI=1S/C22H24ClF2N5/c1-12-10-27-14(3)18(12)19-13(2)20(28-17-8-9-26-11-22(17,24)25)30-21(29-19)15-6-4-5-7-16(15)23/h4-7,17,26H,8-11H2,1-3H3,(H,28,29,30). The summed E-state index contributed by atoms with van der Waals surface area (Å²) in [7, 11) is 0. The molecule has 158 valence electrons. The van der Waals surface area contributed by atoms with Gasteiger partial charge in [0.2, 0.25) is 0 Å². The van der Waals surface area contributed by atoms with Crippen molar-refractivity contribution in [3.8, 4) is 11.4 Å². The van der Waals surface area contributed by atoms with Crippen molar-refractivity contribution in [2.75, 3.05) is 25.0 Å². The molecule has 1 aromatic carbocycles. The van der Waals surface area contributed by atoms with Gasteiger partial charge >= 0.3 is 0 Å². The zero-order valence-electron chi connectivity index (χ0n) is 17.2. The Morgan fingerprint density at radius 2 is 1.93 bits per heavy atom. The van der Waals surface area contributed by atoms with Crippen molar-refractivity contribution in [3.05, 3.63) is 46.1 Å². The summed E-state index contributed by atoms with van der Waals surface area (Å²) in [6, 6.07) is 6.27. The number of anilines is 1. The second-order valence-corrected chi connectivity index (χ2v) is 8.24. The van der Waals surface area contributed by atoms with Gasteiger partial charge in [-0.3, -0.25) is 4.99 Å². The molecule has 2 N–H and O–H groups in total. The molecule has 0 spiro atoms. The third kappa shape index (κ3) is 3.84. The SMILES string of the molecule is CC1=NCC(C)=C1c1nc(-c2ccccc2Cl)nc(NC2CCNCC2(F)F)c1C. The molecule has 3 heterocycles. The number of aromatic nitrogens is 2. The maximum atomic E-state index is 14.5. The van der Waals surface area contributed by atoms with Crippen molar-refractivity contribution in [1.82, 2.24) is 15.3 Å². The van der Waals surface area contributed by atoms with Crippen LogP contribution < -0.4 is 10.6 Å². The Morgan fingerprint density at radius 1 is 1.17 bits per heavy atom. The third-order valence-corrected chi connectivity index (χ3v) is 5.96. The van der Waals surface area contributed by atoms with E-state index in [4.69, 9.17) is 16.6 Å². The number of piperidine rings is 1. The molecule has 1 atom stereocenters. The molecule has 8 heteroatoms. The Balaban J connectivity index is 1.86. The number of benzene rings is 1. The predicted octanol–water partition coefficient (Wildman–Crippen LogP) is 4.76. The van der Waals surface area contributed by atoms with E-state index in [1.807, 2.05) is 39.0 Å². The Morgan fingerprint density at radius 3 is 2.60 bits per heavy atom. The van der Waals surface area contributed by atoms with Gasteiger partial charge in [0.15, 0.2) is 5.82 Å². The van der Waals surface area contributed by atoms with E-state index in [9.17, 15) is 8.78 Å². The lowest BCUT2D eigenvalue weighted by Crippen LogP contribution is -2.53. The van der Waals surface area contributed by atoms with Gasteiger partial charge in [0, 0.05) is 22.4 Å². The number of nitrogens with zero attached hydrogens (tertiary/aromatic N) is 3. The van der Waals surface area contributed by atoms with E-state index in [-0.39, 0.29) is 6.54 Å². The largest absolute Gasteiger partial charge is 0.361 e. The Labute approximate surface area is 179 Å². The minimum Gasteiger partial charge on any atom is -0.361 e. The molecule has 5 nitrogen and oxygen atoms in total. The van der Waals surface area contributed by atoms with Crippen LogP contribution in [0.25, 0.3) is 17.0 Å². The van der Waals surface area contributed by atoms with Gasteiger partial charge in [-0.05, 0) is 51.4 Å². The fraction of sp³-hybridized carbons (Fsp3) is 0.409. The molecule has 0 radical (unpaired) electrons. The number of alkyl halides is 2. The normalized spacial score (nSPS) is 21.0. The number of hydrogen-bond donors (Lipinski definition) is 2. The van der Waals surface area contributed by atoms with Gasteiger partial charge in [-0.2, -0.15) is 0 Å².